The van der Waals surface area contributed by atoms with Crippen molar-refractivity contribution in [2.45, 2.75) is 91.6 Å². The molecule has 302 valence electrons. The molecule has 2 aliphatic carbocycles. The summed E-state index contributed by atoms with van der Waals surface area (Å²) < 4.78 is 9.44. The predicted octanol–water partition coefficient (Wildman–Crippen LogP) is 4.99. The Morgan fingerprint density at radius 2 is 1.33 bits per heavy atom. The number of fused-ring (bicyclic) bond motifs is 2. The number of rotatable bonds is 9. The van der Waals surface area contributed by atoms with Crippen LogP contribution in [-0.2, 0) is 33.6 Å². The van der Waals surface area contributed by atoms with Crippen molar-refractivity contribution in [1.29, 1.82) is 0 Å². The molecule has 2 unspecified atom stereocenters. The number of aryl methyl sites for hydroxylation is 5. The summed E-state index contributed by atoms with van der Waals surface area (Å²) in [6.07, 6.45) is 11.0. The molecule has 5 aromatic rings. The van der Waals surface area contributed by atoms with Gasteiger partial charge in [0, 0.05) is 77.7 Å². The van der Waals surface area contributed by atoms with Crippen molar-refractivity contribution in [3.8, 4) is 11.4 Å². The fourth-order valence-electron chi connectivity index (χ4n) is 6.19. The van der Waals surface area contributed by atoms with E-state index in [9.17, 15) is 19.2 Å². The van der Waals surface area contributed by atoms with Gasteiger partial charge in [-0.15, -0.1) is 0 Å². The molecule has 0 spiro atoms. The highest BCUT2D eigenvalue weighted by molar-refractivity contribution is 5.97. The molecule has 2 amide bonds. The summed E-state index contributed by atoms with van der Waals surface area (Å²) in [7, 11) is 0. The third-order valence-electron chi connectivity index (χ3n) is 9.23. The van der Waals surface area contributed by atoms with Crippen LogP contribution in [0.4, 0.5) is 0 Å². The zero-order chi connectivity index (χ0) is 41.8. The van der Waals surface area contributed by atoms with Crippen LogP contribution in [0.15, 0.2) is 70.9 Å². The Hall–Kier alpha value is -6.91. The zero-order valence-corrected chi connectivity index (χ0v) is 33.0. The molecule has 17 nitrogen and oxygen atoms in total. The Morgan fingerprint density at radius 1 is 0.793 bits per heavy atom. The van der Waals surface area contributed by atoms with E-state index in [2.05, 4.69) is 50.6 Å². The number of nitrogens with one attached hydrogen (secondary N) is 2. The van der Waals surface area contributed by atoms with Crippen LogP contribution in [0, 0.1) is 13.8 Å². The first kappa shape index (κ1) is 42.2. The fourth-order valence-corrected chi connectivity index (χ4v) is 6.19. The molecule has 0 fully saturated rings. The van der Waals surface area contributed by atoms with Crippen molar-refractivity contribution in [2.75, 3.05) is 0 Å². The molecule has 58 heavy (non-hydrogen) atoms. The van der Waals surface area contributed by atoms with Gasteiger partial charge in [0.15, 0.2) is 5.84 Å². The van der Waals surface area contributed by atoms with Gasteiger partial charge in [0.25, 0.3) is 11.8 Å². The van der Waals surface area contributed by atoms with E-state index >= 15 is 0 Å². The second kappa shape index (κ2) is 19.8. The Bertz CT molecular complexity index is 2290. The van der Waals surface area contributed by atoms with Crippen LogP contribution in [-0.4, -0.2) is 64.9 Å². The van der Waals surface area contributed by atoms with Crippen molar-refractivity contribution in [3.05, 3.63) is 118 Å². The molecule has 17 heteroatoms. The maximum absolute atomic E-state index is 12.5. The zero-order valence-electron chi connectivity index (χ0n) is 33.0. The van der Waals surface area contributed by atoms with E-state index in [0.717, 1.165) is 65.1 Å². The summed E-state index contributed by atoms with van der Waals surface area (Å²) in [6.45, 7) is 8.97. The first-order valence-corrected chi connectivity index (χ1v) is 18.9. The molecule has 0 saturated heterocycles. The van der Waals surface area contributed by atoms with E-state index in [0.29, 0.717) is 34.8 Å². The lowest BCUT2D eigenvalue weighted by Crippen LogP contribution is -2.27. The van der Waals surface area contributed by atoms with Crippen molar-refractivity contribution >= 4 is 29.6 Å². The minimum absolute atomic E-state index is 0.0278. The third-order valence-corrected chi connectivity index (χ3v) is 9.23. The number of ether oxygens (including phenoxy) is 1. The summed E-state index contributed by atoms with van der Waals surface area (Å²) in [5.41, 5.74) is 13.7. The summed E-state index contributed by atoms with van der Waals surface area (Å²) in [4.78, 5) is 67.0. The molecule has 2 aliphatic rings. The number of amides is 2. The molecule has 5 N–H and O–H groups in total. The lowest BCUT2D eigenvalue weighted by molar-refractivity contribution is -0.159. The largest absolute Gasteiger partial charge is 0.409 e. The van der Waals surface area contributed by atoms with E-state index in [4.69, 9.17) is 15.5 Å². The van der Waals surface area contributed by atoms with Gasteiger partial charge in [0.05, 0.1) is 23.5 Å². The number of nitrogens with two attached hydrogens (primary N) is 1. The van der Waals surface area contributed by atoms with Crippen LogP contribution in [0.1, 0.15) is 125 Å². The molecule has 0 aliphatic heterocycles. The molecule has 0 bridgehead atoms. The smallest absolute Gasteiger partial charge is 0.313 e. The van der Waals surface area contributed by atoms with Crippen molar-refractivity contribution in [3.63, 3.8) is 0 Å². The van der Waals surface area contributed by atoms with Gasteiger partial charge in [0.2, 0.25) is 11.7 Å². The van der Waals surface area contributed by atoms with E-state index in [1.807, 2.05) is 32.9 Å². The predicted molar refractivity (Wildman–Crippen MR) is 210 cm³/mol. The van der Waals surface area contributed by atoms with E-state index in [1.165, 1.54) is 0 Å². The molecule has 7 rings (SSSR count). The maximum atomic E-state index is 12.5. The number of nitrogens with zero attached hydrogens (tertiary/aromatic N) is 7. The first-order valence-electron chi connectivity index (χ1n) is 18.9. The topological polar surface area (TPSA) is 251 Å². The number of carbonyl (C=O) groups excluding carboxylic acids is 4. The van der Waals surface area contributed by atoms with Gasteiger partial charge in [-0.05, 0) is 87.1 Å². The minimum atomic E-state index is -0.457. The third kappa shape index (κ3) is 10.9. The van der Waals surface area contributed by atoms with Gasteiger partial charge in [-0.2, -0.15) is 4.98 Å². The average molecular weight is 791 g/mol. The number of esters is 2. The molecule has 0 aromatic carbocycles. The normalized spacial score (nSPS) is 15.1. The second-order valence-corrected chi connectivity index (χ2v) is 13.4. The highest BCUT2D eigenvalue weighted by Crippen LogP contribution is 2.32. The van der Waals surface area contributed by atoms with E-state index < -0.39 is 11.9 Å². The lowest BCUT2D eigenvalue weighted by Gasteiger charge is -2.13. The highest BCUT2D eigenvalue weighted by Gasteiger charge is 2.28. The number of pyridine rings is 4. The van der Waals surface area contributed by atoms with Crippen molar-refractivity contribution in [1.82, 2.24) is 40.7 Å². The van der Waals surface area contributed by atoms with Gasteiger partial charge < -0.3 is 30.8 Å². The summed E-state index contributed by atoms with van der Waals surface area (Å²) in [5.74, 6) is 0.0274. The Kier molecular flexibility index (Phi) is 14.4. The van der Waals surface area contributed by atoms with Crippen LogP contribution >= 0.6 is 0 Å². The Balaban J connectivity index is 0.000000184. The summed E-state index contributed by atoms with van der Waals surface area (Å²) in [5, 5.41) is 21.8. The van der Waals surface area contributed by atoms with Crippen molar-refractivity contribution < 1.29 is 33.6 Å². The highest BCUT2D eigenvalue weighted by atomic mass is 16.6. The lowest BCUT2D eigenvalue weighted by atomic mass is 10.1. The molecule has 0 radical (unpaired) electrons. The van der Waals surface area contributed by atoms with E-state index in [1.54, 1.807) is 62.9 Å². The van der Waals surface area contributed by atoms with Crippen LogP contribution in [0.3, 0.4) is 0 Å². The molecule has 0 saturated carbocycles. The number of oxime groups is 1. The van der Waals surface area contributed by atoms with E-state index in [-0.39, 0.29) is 42.6 Å². The van der Waals surface area contributed by atoms with Crippen LogP contribution in [0.25, 0.3) is 11.4 Å². The van der Waals surface area contributed by atoms with Gasteiger partial charge in [0.1, 0.15) is 0 Å². The van der Waals surface area contributed by atoms with Crippen molar-refractivity contribution in [2.24, 2.45) is 10.9 Å². The number of hydrogen-bond donors (Lipinski definition) is 4. The van der Waals surface area contributed by atoms with Crippen LogP contribution in [0.2, 0.25) is 0 Å². The molecule has 2 atom stereocenters. The Labute approximate surface area is 335 Å². The standard InChI is InChI=1S/C19H19N5O2.C16H17N5O2.C6H10O3/c1-3-16-23-18(24-26-16)14-9-12-4-5-15(17(12)21-10-14)22-19(25)13-6-7-20-11(2)8-13;1-9-6-11(4-5-18-9)16(22)20-13-3-2-10-7-12(15(17)21-23)8-19-14(10)13;1-3-5(7)9-6(8)4-2/h6-10,15H,3-5H2,1-2H3,(H,22,25);4-8,13,23H,2-3H2,1H3,(H2,17,21)(H,20,22);3-4H2,1-2H3. The number of carbonyl (C=O) groups is 4. The van der Waals surface area contributed by atoms with Gasteiger partial charge in [-0.25, -0.2) is 0 Å². The number of hydrogen-bond acceptors (Lipinski definition) is 14. The van der Waals surface area contributed by atoms with Gasteiger partial charge in [-0.1, -0.05) is 31.1 Å². The van der Waals surface area contributed by atoms with Crippen LogP contribution < -0.4 is 16.4 Å². The average Bonchev–Trinajstić information content (AvgIpc) is 3.99. The first-order chi connectivity index (χ1) is 27.9. The monoisotopic (exact) mass is 790 g/mol. The second-order valence-electron chi connectivity index (χ2n) is 13.4. The molecule has 5 heterocycles. The molecular weight excluding hydrogens is 745 g/mol. The minimum Gasteiger partial charge on any atom is -0.409 e. The maximum Gasteiger partial charge on any atom is 0.313 e. The van der Waals surface area contributed by atoms with Crippen LogP contribution in [0.5, 0.6) is 0 Å². The van der Waals surface area contributed by atoms with Gasteiger partial charge >= 0.3 is 11.9 Å². The Morgan fingerprint density at radius 3 is 1.81 bits per heavy atom. The molecule has 5 aromatic heterocycles. The SMILES string of the molecule is CCC(=O)OC(=O)CC.CCc1nc(-c2cnc3c(c2)CCC3NC(=O)c2ccnc(C)c2)no1.Cc1cc(C(=O)NC2CCc3cc(C(N)=NO)cnc32)ccn1. The quantitative estimate of drug-likeness (QED) is 0.0384. The number of aromatic nitrogens is 6. The molecular formula is C41H46N10O7. The summed E-state index contributed by atoms with van der Waals surface area (Å²) in [6, 6.07) is 10.6. The fraction of sp³-hybridized carbons (Fsp3) is 0.341. The van der Waals surface area contributed by atoms with Gasteiger partial charge in [-0.3, -0.25) is 39.1 Å². The number of amidine groups is 1. The summed E-state index contributed by atoms with van der Waals surface area (Å²) >= 11 is 0.